The lowest BCUT2D eigenvalue weighted by atomic mass is 10.4. The van der Waals surface area contributed by atoms with Gasteiger partial charge in [0.1, 0.15) is 0 Å². The van der Waals surface area contributed by atoms with Crippen molar-refractivity contribution in [3.05, 3.63) is 0 Å². The van der Waals surface area contributed by atoms with Crippen molar-refractivity contribution in [1.82, 2.24) is 0 Å². The van der Waals surface area contributed by atoms with Gasteiger partial charge in [-0.05, 0) is 12.8 Å². The van der Waals surface area contributed by atoms with E-state index in [9.17, 15) is 0 Å². The monoisotopic (exact) mass is 84.2 g/mol. The normalized spacial score (nSPS) is 24.0. The van der Waals surface area contributed by atoms with Gasteiger partial charge in [0.2, 0.25) is 0 Å². The molecule has 1 aliphatic rings. The summed E-state index contributed by atoms with van der Waals surface area (Å²) in [6.07, 6.45) is 2.56. The predicted octanol–water partition coefficient (Wildman–Crippen LogP) is 2.27. The van der Waals surface area contributed by atoms with E-state index in [1.54, 1.807) is 0 Å². The first kappa shape index (κ1) is 3.16. The Morgan fingerprint density at radius 1 is 1.20 bits per heavy atom. The summed E-state index contributed by atoms with van der Waals surface area (Å²) >= 11 is 0. The highest BCUT2D eigenvalue weighted by atomic mass is 16.5. The molecular formula is C4H20O. The molecule has 0 aromatic carbocycles. The van der Waals surface area contributed by atoms with Gasteiger partial charge in [0, 0.05) is 21.8 Å². The SMILES string of the molecule is C1CCOC1.[HH].[HH].[HH].[HH].[HH].[HH]. The molecule has 0 atom stereocenters. The zero-order chi connectivity index (χ0) is 3.54. The van der Waals surface area contributed by atoms with Crippen LogP contribution in [0, 0.1) is 0 Å². The summed E-state index contributed by atoms with van der Waals surface area (Å²) in [6.45, 7) is 2.00. The molecular weight excluding hydrogens is 64.0 g/mol. The summed E-state index contributed by atoms with van der Waals surface area (Å²) in [6, 6.07) is 0. The van der Waals surface area contributed by atoms with E-state index >= 15 is 0 Å². The van der Waals surface area contributed by atoms with E-state index in [0.717, 1.165) is 13.2 Å². The van der Waals surface area contributed by atoms with Gasteiger partial charge in [-0.3, -0.25) is 0 Å². The quantitative estimate of drug-likeness (QED) is 0.437. The van der Waals surface area contributed by atoms with Crippen molar-refractivity contribution in [2.75, 3.05) is 13.2 Å². The van der Waals surface area contributed by atoms with Crippen LogP contribution in [-0.4, -0.2) is 13.2 Å². The Hall–Kier alpha value is -0.0400. The van der Waals surface area contributed by atoms with Crippen LogP contribution < -0.4 is 0 Å². The van der Waals surface area contributed by atoms with Crippen LogP contribution in [0.2, 0.25) is 0 Å². The van der Waals surface area contributed by atoms with Gasteiger partial charge in [-0.25, -0.2) is 0 Å². The molecule has 1 rings (SSSR count). The molecule has 0 bridgehead atoms. The lowest BCUT2D eigenvalue weighted by molar-refractivity contribution is 0.198. The second kappa shape index (κ2) is 1.41. The molecule has 0 unspecified atom stereocenters. The summed E-state index contributed by atoms with van der Waals surface area (Å²) < 4.78 is 4.94. The molecule has 1 saturated heterocycles. The topological polar surface area (TPSA) is 9.23 Å². The number of rotatable bonds is 0. The van der Waals surface area contributed by atoms with Crippen molar-refractivity contribution in [2.45, 2.75) is 12.8 Å². The fourth-order valence-electron chi connectivity index (χ4n) is 0.510. The number of hydrogen-bond acceptors (Lipinski definition) is 1. The molecule has 1 fully saturated rings. The molecule has 0 radical (unpaired) electrons. The van der Waals surface area contributed by atoms with Crippen molar-refractivity contribution in [3.8, 4) is 0 Å². The number of ether oxygens (including phenoxy) is 1. The van der Waals surface area contributed by atoms with E-state index in [0.29, 0.717) is 0 Å². The molecule has 42 valence electrons. The summed E-state index contributed by atoms with van der Waals surface area (Å²) in [5.41, 5.74) is 0. The van der Waals surface area contributed by atoms with E-state index in [1.165, 1.54) is 12.8 Å². The van der Waals surface area contributed by atoms with Gasteiger partial charge in [-0.15, -0.1) is 0 Å². The van der Waals surface area contributed by atoms with Gasteiger partial charge in [-0.1, -0.05) is 0 Å². The molecule has 0 amide bonds. The van der Waals surface area contributed by atoms with Crippen LogP contribution in [0.3, 0.4) is 0 Å². The van der Waals surface area contributed by atoms with E-state index in [-0.39, 0.29) is 8.56 Å². The average molecular weight is 84.2 g/mol. The molecule has 0 saturated carbocycles. The Morgan fingerprint density at radius 2 is 1.80 bits per heavy atom. The minimum atomic E-state index is 0. The smallest absolute Gasteiger partial charge is 0.0466 e. The summed E-state index contributed by atoms with van der Waals surface area (Å²) in [5.74, 6) is 0. The maximum atomic E-state index is 4.94. The highest BCUT2D eigenvalue weighted by Crippen LogP contribution is 1.98. The van der Waals surface area contributed by atoms with Gasteiger partial charge < -0.3 is 4.74 Å². The van der Waals surface area contributed by atoms with E-state index in [1.807, 2.05) is 0 Å². The van der Waals surface area contributed by atoms with Crippen molar-refractivity contribution in [1.29, 1.82) is 0 Å². The fraction of sp³-hybridized carbons (Fsp3) is 1.00. The molecule has 1 nitrogen and oxygen atoms in total. The Labute approximate surface area is 40.9 Å². The fourth-order valence-corrected chi connectivity index (χ4v) is 0.510. The van der Waals surface area contributed by atoms with Crippen molar-refractivity contribution in [3.63, 3.8) is 0 Å². The lowest BCUT2D eigenvalue weighted by Gasteiger charge is -1.76. The number of hydrogen-bond donors (Lipinski definition) is 0. The van der Waals surface area contributed by atoms with Gasteiger partial charge in [0.05, 0.1) is 0 Å². The van der Waals surface area contributed by atoms with Crippen LogP contribution >= 0.6 is 0 Å². The summed E-state index contributed by atoms with van der Waals surface area (Å²) in [7, 11) is 0. The van der Waals surface area contributed by atoms with E-state index in [4.69, 9.17) is 4.74 Å². The highest BCUT2D eigenvalue weighted by Gasteiger charge is 1.94. The summed E-state index contributed by atoms with van der Waals surface area (Å²) in [5, 5.41) is 0. The van der Waals surface area contributed by atoms with Crippen molar-refractivity contribution in [2.24, 2.45) is 0 Å². The van der Waals surface area contributed by atoms with Crippen LogP contribution in [0.1, 0.15) is 21.4 Å². The third-order valence-electron chi connectivity index (χ3n) is 0.827. The standard InChI is InChI=1S/C4H8O.6H2/c1-2-4-5-3-1;;;;;;/h1-4H2;6*1H. The van der Waals surface area contributed by atoms with Crippen LogP contribution in [-0.2, 0) is 4.74 Å². The van der Waals surface area contributed by atoms with Gasteiger partial charge in [0.15, 0.2) is 0 Å². The van der Waals surface area contributed by atoms with Crippen LogP contribution in [0.5, 0.6) is 0 Å². The first-order valence-corrected chi connectivity index (χ1v) is 2.08. The molecule has 0 aromatic heterocycles. The average Bonchev–Trinajstić information content (AvgIpc) is 1.76. The van der Waals surface area contributed by atoms with Crippen LogP contribution in [0.15, 0.2) is 0 Å². The minimum absolute atomic E-state index is 0. The highest BCUT2D eigenvalue weighted by molar-refractivity contribution is 4.43. The van der Waals surface area contributed by atoms with Gasteiger partial charge in [0.25, 0.3) is 0 Å². The van der Waals surface area contributed by atoms with Crippen LogP contribution in [0.4, 0.5) is 0 Å². The molecule has 0 aliphatic carbocycles. The Morgan fingerprint density at radius 3 is 2.00 bits per heavy atom. The molecule has 0 N–H and O–H groups in total. The third kappa shape index (κ3) is 0.618. The minimum Gasteiger partial charge on any atom is -0.381 e. The first-order valence-electron chi connectivity index (χ1n) is 2.08. The molecule has 0 aromatic rings. The van der Waals surface area contributed by atoms with Gasteiger partial charge in [-0.2, -0.15) is 0 Å². The van der Waals surface area contributed by atoms with E-state index in [2.05, 4.69) is 0 Å². The Balaban J connectivity index is -0.0000000104. The predicted molar refractivity (Wildman–Crippen MR) is 32.7 cm³/mol. The third-order valence-corrected chi connectivity index (χ3v) is 0.827. The maximum absolute atomic E-state index is 4.94. The summed E-state index contributed by atoms with van der Waals surface area (Å²) in [4.78, 5) is 0. The van der Waals surface area contributed by atoms with Crippen molar-refractivity contribution >= 4 is 0 Å². The molecule has 1 heterocycles. The van der Waals surface area contributed by atoms with Gasteiger partial charge >= 0.3 is 0 Å². The van der Waals surface area contributed by atoms with Crippen molar-refractivity contribution < 1.29 is 13.3 Å². The zero-order valence-corrected chi connectivity index (χ0v) is 3.24. The Bertz CT molecular complexity index is 26.2. The lowest BCUT2D eigenvalue weighted by Crippen LogP contribution is -1.74. The molecule has 5 heavy (non-hydrogen) atoms. The first-order chi connectivity index (χ1) is 2.50. The second-order valence-corrected chi connectivity index (χ2v) is 1.32. The molecule has 1 heteroatoms. The van der Waals surface area contributed by atoms with Crippen LogP contribution in [0.25, 0.3) is 0 Å². The molecule has 1 aliphatic heterocycles. The maximum Gasteiger partial charge on any atom is 0.0466 e. The zero-order valence-electron chi connectivity index (χ0n) is 3.24. The second-order valence-electron chi connectivity index (χ2n) is 1.32. The van der Waals surface area contributed by atoms with E-state index < -0.39 is 0 Å². The largest absolute Gasteiger partial charge is 0.381 e. The Kier molecular flexibility index (Phi) is 0.892. The molecule has 0 spiro atoms.